The van der Waals surface area contributed by atoms with E-state index in [1.54, 1.807) is 11.7 Å². The van der Waals surface area contributed by atoms with Gasteiger partial charge in [-0.1, -0.05) is 13.8 Å². The molecular weight excluding hydrogens is 258 g/mol. The molecule has 20 heavy (non-hydrogen) atoms. The lowest BCUT2D eigenvalue weighted by atomic mass is 9.94. The van der Waals surface area contributed by atoms with Crippen LogP contribution in [-0.4, -0.2) is 39.1 Å². The van der Waals surface area contributed by atoms with Crippen molar-refractivity contribution in [1.82, 2.24) is 25.4 Å². The van der Waals surface area contributed by atoms with Crippen LogP contribution >= 0.6 is 0 Å². The van der Waals surface area contributed by atoms with E-state index in [4.69, 9.17) is 5.11 Å². The van der Waals surface area contributed by atoms with Crippen molar-refractivity contribution in [3.8, 4) is 0 Å². The number of nitrogens with zero attached hydrogens (tertiary/aromatic N) is 3. The fraction of sp³-hybridized carbons (Fsp3) is 0.769. The number of carbonyl (C=O) groups is 1. The maximum Gasteiger partial charge on any atom is 0.315 e. The zero-order valence-electron chi connectivity index (χ0n) is 12.5. The predicted molar refractivity (Wildman–Crippen MR) is 75.9 cm³/mol. The zero-order valence-corrected chi connectivity index (χ0v) is 12.5. The van der Waals surface area contributed by atoms with Crippen LogP contribution in [0.3, 0.4) is 0 Å². The molecule has 0 fully saturated rings. The minimum absolute atomic E-state index is 0.152. The quantitative estimate of drug-likeness (QED) is 0.653. The SMILES string of the molecule is CC(C)CC(CCO)CNC(=O)NCc1ncnn1C. The molecule has 1 heterocycles. The normalized spacial score (nSPS) is 12.4. The van der Waals surface area contributed by atoms with Gasteiger partial charge in [0.25, 0.3) is 0 Å². The molecule has 0 saturated carbocycles. The highest BCUT2D eigenvalue weighted by atomic mass is 16.3. The van der Waals surface area contributed by atoms with Gasteiger partial charge in [0, 0.05) is 20.2 Å². The highest BCUT2D eigenvalue weighted by Gasteiger charge is 2.12. The second-order valence-electron chi connectivity index (χ2n) is 5.37. The van der Waals surface area contributed by atoms with Crippen molar-refractivity contribution in [2.24, 2.45) is 18.9 Å². The summed E-state index contributed by atoms with van der Waals surface area (Å²) < 4.78 is 1.62. The smallest absolute Gasteiger partial charge is 0.315 e. The Kier molecular flexibility index (Phi) is 7.00. The number of aliphatic hydroxyl groups excluding tert-OH is 1. The Hall–Kier alpha value is -1.63. The van der Waals surface area contributed by atoms with Gasteiger partial charge < -0.3 is 15.7 Å². The number of aromatic nitrogens is 3. The molecule has 2 amide bonds. The molecule has 1 aromatic rings. The molecule has 1 rings (SSSR count). The third kappa shape index (κ3) is 6.01. The van der Waals surface area contributed by atoms with Crippen molar-refractivity contribution in [2.45, 2.75) is 33.2 Å². The van der Waals surface area contributed by atoms with Gasteiger partial charge in [-0.05, 0) is 24.7 Å². The van der Waals surface area contributed by atoms with Gasteiger partial charge in [0.15, 0.2) is 0 Å². The summed E-state index contributed by atoms with van der Waals surface area (Å²) in [6.45, 7) is 5.34. The largest absolute Gasteiger partial charge is 0.396 e. The Bertz CT molecular complexity index is 405. The Morgan fingerprint density at radius 1 is 1.45 bits per heavy atom. The van der Waals surface area contributed by atoms with E-state index in [1.165, 1.54) is 6.33 Å². The first-order valence-corrected chi connectivity index (χ1v) is 6.98. The summed E-state index contributed by atoms with van der Waals surface area (Å²) in [5.74, 6) is 1.56. The first-order valence-electron chi connectivity index (χ1n) is 6.98. The number of rotatable bonds is 8. The predicted octanol–water partition coefficient (Wildman–Crippen LogP) is 0.659. The standard InChI is InChI=1S/C13H25N5O2/c1-10(2)6-11(4-5-19)7-14-13(20)15-8-12-16-9-17-18(12)3/h9-11,19H,4-8H2,1-3H3,(H2,14,15,20). The number of aliphatic hydroxyl groups is 1. The molecule has 3 N–H and O–H groups in total. The minimum Gasteiger partial charge on any atom is -0.396 e. The zero-order chi connectivity index (χ0) is 15.0. The number of carbonyl (C=O) groups excluding carboxylic acids is 1. The summed E-state index contributed by atoms with van der Waals surface area (Å²) in [5, 5.41) is 18.5. The van der Waals surface area contributed by atoms with E-state index in [1.807, 2.05) is 0 Å². The van der Waals surface area contributed by atoms with Gasteiger partial charge in [-0.3, -0.25) is 4.68 Å². The molecule has 0 aliphatic rings. The third-order valence-electron chi connectivity index (χ3n) is 3.11. The van der Waals surface area contributed by atoms with Crippen LogP contribution in [0, 0.1) is 11.8 Å². The Balaban J connectivity index is 2.28. The molecule has 0 aliphatic carbocycles. The molecule has 1 atom stereocenters. The number of urea groups is 1. The van der Waals surface area contributed by atoms with Crippen LogP contribution in [0.4, 0.5) is 4.79 Å². The van der Waals surface area contributed by atoms with Gasteiger partial charge in [0.1, 0.15) is 12.2 Å². The van der Waals surface area contributed by atoms with Crippen LogP contribution in [-0.2, 0) is 13.6 Å². The van der Waals surface area contributed by atoms with Crippen molar-refractivity contribution in [3.05, 3.63) is 12.2 Å². The van der Waals surface area contributed by atoms with Crippen molar-refractivity contribution in [1.29, 1.82) is 0 Å². The van der Waals surface area contributed by atoms with E-state index >= 15 is 0 Å². The fourth-order valence-electron chi connectivity index (χ4n) is 2.09. The van der Waals surface area contributed by atoms with E-state index in [0.29, 0.717) is 37.2 Å². The van der Waals surface area contributed by atoms with Crippen LogP contribution in [0.2, 0.25) is 0 Å². The monoisotopic (exact) mass is 283 g/mol. The second kappa shape index (κ2) is 8.52. The molecule has 1 aromatic heterocycles. The number of aryl methyl sites for hydroxylation is 1. The second-order valence-corrected chi connectivity index (χ2v) is 5.37. The molecule has 1 unspecified atom stereocenters. The van der Waals surface area contributed by atoms with Gasteiger partial charge in [0.2, 0.25) is 0 Å². The van der Waals surface area contributed by atoms with Crippen LogP contribution < -0.4 is 10.6 Å². The van der Waals surface area contributed by atoms with E-state index in [2.05, 4.69) is 34.6 Å². The van der Waals surface area contributed by atoms with E-state index in [0.717, 1.165) is 6.42 Å². The van der Waals surface area contributed by atoms with Crippen LogP contribution in [0.5, 0.6) is 0 Å². The summed E-state index contributed by atoms with van der Waals surface area (Å²) in [7, 11) is 1.78. The van der Waals surface area contributed by atoms with Gasteiger partial charge in [-0.2, -0.15) is 5.10 Å². The molecule has 114 valence electrons. The highest BCUT2D eigenvalue weighted by molar-refractivity contribution is 5.73. The van der Waals surface area contributed by atoms with Gasteiger partial charge in [-0.25, -0.2) is 9.78 Å². The first kappa shape index (κ1) is 16.4. The number of nitrogens with one attached hydrogen (secondary N) is 2. The lowest BCUT2D eigenvalue weighted by Crippen LogP contribution is -2.38. The third-order valence-corrected chi connectivity index (χ3v) is 3.11. The summed E-state index contributed by atoms with van der Waals surface area (Å²) in [4.78, 5) is 15.7. The minimum atomic E-state index is -0.223. The van der Waals surface area contributed by atoms with Gasteiger partial charge in [-0.15, -0.1) is 0 Å². The summed E-state index contributed by atoms with van der Waals surface area (Å²) in [6, 6.07) is -0.223. The average molecular weight is 283 g/mol. The average Bonchev–Trinajstić information content (AvgIpc) is 2.79. The van der Waals surface area contributed by atoms with E-state index < -0.39 is 0 Å². The molecule has 0 spiro atoms. The first-order chi connectivity index (χ1) is 9.52. The van der Waals surface area contributed by atoms with Crippen LogP contribution in [0.1, 0.15) is 32.5 Å². The molecule has 0 bridgehead atoms. The Morgan fingerprint density at radius 3 is 2.75 bits per heavy atom. The Morgan fingerprint density at radius 2 is 2.20 bits per heavy atom. The maximum absolute atomic E-state index is 11.7. The summed E-state index contributed by atoms with van der Waals surface area (Å²) >= 11 is 0. The van der Waals surface area contributed by atoms with E-state index in [-0.39, 0.29) is 12.6 Å². The molecule has 7 nitrogen and oxygen atoms in total. The van der Waals surface area contributed by atoms with Crippen LogP contribution in [0.25, 0.3) is 0 Å². The lowest BCUT2D eigenvalue weighted by molar-refractivity contribution is 0.224. The van der Waals surface area contributed by atoms with Crippen molar-refractivity contribution in [3.63, 3.8) is 0 Å². The van der Waals surface area contributed by atoms with Gasteiger partial charge in [0.05, 0.1) is 6.54 Å². The van der Waals surface area contributed by atoms with Crippen LogP contribution in [0.15, 0.2) is 6.33 Å². The number of hydrogen-bond acceptors (Lipinski definition) is 4. The number of amides is 2. The topological polar surface area (TPSA) is 92.1 Å². The highest BCUT2D eigenvalue weighted by Crippen LogP contribution is 2.14. The van der Waals surface area contributed by atoms with Crippen molar-refractivity contribution in [2.75, 3.05) is 13.2 Å². The number of hydrogen-bond donors (Lipinski definition) is 3. The Labute approximate surface area is 119 Å². The molecule has 0 radical (unpaired) electrons. The van der Waals surface area contributed by atoms with E-state index in [9.17, 15) is 4.79 Å². The van der Waals surface area contributed by atoms with Crippen molar-refractivity contribution < 1.29 is 9.90 Å². The van der Waals surface area contributed by atoms with Crippen molar-refractivity contribution >= 4 is 6.03 Å². The fourth-order valence-corrected chi connectivity index (χ4v) is 2.09. The molecule has 0 saturated heterocycles. The summed E-state index contributed by atoms with van der Waals surface area (Å²) in [5.41, 5.74) is 0. The molecule has 0 aromatic carbocycles. The molecule has 7 heteroatoms. The van der Waals surface area contributed by atoms with Gasteiger partial charge >= 0.3 is 6.03 Å². The molecular formula is C13H25N5O2. The summed E-state index contributed by atoms with van der Waals surface area (Å²) in [6.07, 6.45) is 3.15. The molecule has 0 aliphatic heterocycles. The maximum atomic E-state index is 11.7. The lowest BCUT2D eigenvalue weighted by Gasteiger charge is -2.18.